The first-order valence-corrected chi connectivity index (χ1v) is 10.1. The second-order valence-electron chi connectivity index (χ2n) is 6.84. The lowest BCUT2D eigenvalue weighted by atomic mass is 10.2. The molecule has 0 saturated heterocycles. The summed E-state index contributed by atoms with van der Waals surface area (Å²) in [6.07, 6.45) is 2.06. The van der Waals surface area contributed by atoms with Crippen molar-refractivity contribution in [2.75, 3.05) is 11.9 Å². The minimum atomic E-state index is -0.310. The largest absolute Gasteiger partial charge is 0.494 e. The maximum Gasteiger partial charge on any atom is 0.257 e. The number of thiocarbonyl (C=S) groups is 1. The van der Waals surface area contributed by atoms with Gasteiger partial charge in [0.2, 0.25) is 0 Å². The Bertz CT molecular complexity index is 833. The van der Waals surface area contributed by atoms with Crippen molar-refractivity contribution in [2.24, 2.45) is 0 Å². The molecule has 2 aromatic rings. The Morgan fingerprint density at radius 1 is 0.966 bits per heavy atom. The molecule has 0 bridgehead atoms. The number of rotatable bonds is 8. The summed E-state index contributed by atoms with van der Waals surface area (Å²) in [5.74, 6) is 0.289. The lowest BCUT2D eigenvalue weighted by Crippen LogP contribution is -2.34. The fraction of sp³-hybridized carbons (Fsp3) is 0.318. The Hall–Kier alpha value is -2.93. The van der Waals surface area contributed by atoms with Crippen molar-refractivity contribution in [1.29, 1.82) is 0 Å². The first-order valence-electron chi connectivity index (χ1n) is 9.65. The van der Waals surface area contributed by atoms with E-state index in [4.69, 9.17) is 17.0 Å². The maximum atomic E-state index is 12.3. The number of ether oxygens (including phenoxy) is 1. The predicted molar refractivity (Wildman–Crippen MR) is 120 cm³/mol. The average Bonchev–Trinajstić information content (AvgIpc) is 2.68. The van der Waals surface area contributed by atoms with Crippen molar-refractivity contribution < 1.29 is 14.3 Å². The maximum absolute atomic E-state index is 12.3. The van der Waals surface area contributed by atoms with Crippen molar-refractivity contribution >= 4 is 34.8 Å². The van der Waals surface area contributed by atoms with E-state index in [1.807, 2.05) is 13.8 Å². The molecule has 2 rings (SSSR count). The highest BCUT2D eigenvalue weighted by Crippen LogP contribution is 2.13. The van der Waals surface area contributed by atoms with Crippen LogP contribution >= 0.6 is 12.2 Å². The van der Waals surface area contributed by atoms with Crippen LogP contribution in [0.2, 0.25) is 0 Å². The van der Waals surface area contributed by atoms with Crippen molar-refractivity contribution in [3.63, 3.8) is 0 Å². The van der Waals surface area contributed by atoms with Gasteiger partial charge in [-0.15, -0.1) is 0 Å². The average molecular weight is 414 g/mol. The zero-order valence-corrected chi connectivity index (χ0v) is 17.8. The van der Waals surface area contributed by atoms with Crippen molar-refractivity contribution in [3.8, 4) is 5.75 Å². The molecule has 7 heteroatoms. The van der Waals surface area contributed by atoms with E-state index in [0.29, 0.717) is 23.4 Å². The Balaban J connectivity index is 1.86. The number of benzene rings is 2. The van der Waals surface area contributed by atoms with E-state index < -0.39 is 0 Å². The molecule has 0 atom stereocenters. The van der Waals surface area contributed by atoms with Crippen LogP contribution in [0.5, 0.6) is 5.75 Å². The van der Waals surface area contributed by atoms with Gasteiger partial charge in [0.05, 0.1) is 6.61 Å². The topological polar surface area (TPSA) is 79.5 Å². The summed E-state index contributed by atoms with van der Waals surface area (Å²) in [4.78, 5) is 24.3. The van der Waals surface area contributed by atoms with Crippen LogP contribution in [0.25, 0.3) is 0 Å². The molecule has 0 saturated carbocycles. The number of hydrogen-bond donors (Lipinski definition) is 3. The van der Waals surface area contributed by atoms with Crippen molar-refractivity contribution in [3.05, 3.63) is 59.7 Å². The number of hydrogen-bond acceptors (Lipinski definition) is 4. The number of carbonyl (C=O) groups is 2. The quantitative estimate of drug-likeness (QED) is 0.448. The number of amides is 2. The summed E-state index contributed by atoms with van der Waals surface area (Å²) in [5, 5.41) is 8.59. The van der Waals surface area contributed by atoms with E-state index in [0.717, 1.165) is 18.6 Å². The van der Waals surface area contributed by atoms with Gasteiger partial charge in [-0.05, 0) is 81.0 Å². The molecule has 29 heavy (non-hydrogen) atoms. The van der Waals surface area contributed by atoms with Crippen molar-refractivity contribution in [1.82, 2.24) is 10.6 Å². The monoisotopic (exact) mass is 413 g/mol. The molecule has 2 amide bonds. The molecule has 0 spiro atoms. The van der Waals surface area contributed by atoms with E-state index in [9.17, 15) is 9.59 Å². The lowest BCUT2D eigenvalue weighted by Gasteiger charge is -2.11. The fourth-order valence-corrected chi connectivity index (χ4v) is 2.64. The third kappa shape index (κ3) is 7.54. The van der Waals surface area contributed by atoms with Crippen LogP contribution in [0.4, 0.5) is 5.69 Å². The predicted octanol–water partition coefficient (Wildman–Crippen LogP) is 4.13. The normalized spacial score (nSPS) is 10.3. The third-order valence-electron chi connectivity index (χ3n) is 3.93. The second-order valence-corrected chi connectivity index (χ2v) is 7.25. The number of unbranched alkanes of at least 4 members (excludes halogenated alkanes) is 1. The molecule has 0 fully saturated rings. The summed E-state index contributed by atoms with van der Waals surface area (Å²) < 4.78 is 5.59. The molecule has 2 aromatic carbocycles. The molecule has 0 aliphatic carbocycles. The molecule has 0 aliphatic rings. The van der Waals surface area contributed by atoms with Crippen LogP contribution in [-0.2, 0) is 0 Å². The molecule has 0 radical (unpaired) electrons. The van der Waals surface area contributed by atoms with Crippen LogP contribution in [-0.4, -0.2) is 29.6 Å². The summed E-state index contributed by atoms with van der Waals surface area (Å²) in [6, 6.07) is 13.8. The molecule has 0 heterocycles. The van der Waals surface area contributed by atoms with E-state index in [1.54, 1.807) is 48.5 Å². The standard InChI is InChI=1S/C22H27N3O3S/c1-4-5-14-28-19-12-8-17(9-13-19)21(27)25-22(29)24-18-10-6-16(7-11-18)20(26)23-15(2)3/h6-13,15H,4-5,14H2,1-3H3,(H,23,26)(H2,24,25,27,29). The van der Waals surface area contributed by atoms with Crippen molar-refractivity contribution in [2.45, 2.75) is 39.7 Å². The molecular weight excluding hydrogens is 386 g/mol. The van der Waals surface area contributed by atoms with Gasteiger partial charge in [-0.3, -0.25) is 14.9 Å². The van der Waals surface area contributed by atoms with E-state index in [-0.39, 0.29) is 23.0 Å². The molecule has 154 valence electrons. The first kappa shape index (κ1) is 22.4. The third-order valence-corrected chi connectivity index (χ3v) is 4.14. The second kappa shape index (κ2) is 11.2. The Labute approximate surface area is 177 Å². The molecule has 6 nitrogen and oxygen atoms in total. The van der Waals surface area contributed by atoms with Crippen LogP contribution in [0.3, 0.4) is 0 Å². The lowest BCUT2D eigenvalue weighted by molar-refractivity contribution is 0.0941. The summed E-state index contributed by atoms with van der Waals surface area (Å²) in [6.45, 7) is 6.57. The number of anilines is 1. The minimum absolute atomic E-state index is 0.0695. The van der Waals surface area contributed by atoms with E-state index in [2.05, 4.69) is 22.9 Å². The van der Waals surface area contributed by atoms with Gasteiger partial charge in [-0.25, -0.2) is 0 Å². The van der Waals surface area contributed by atoms with Crippen LogP contribution in [0.15, 0.2) is 48.5 Å². The van der Waals surface area contributed by atoms with Crippen LogP contribution in [0.1, 0.15) is 54.3 Å². The van der Waals surface area contributed by atoms with E-state index in [1.165, 1.54) is 0 Å². The van der Waals surface area contributed by atoms with Gasteiger partial charge in [0.1, 0.15) is 5.75 Å². The summed E-state index contributed by atoms with van der Waals surface area (Å²) >= 11 is 5.20. The summed E-state index contributed by atoms with van der Waals surface area (Å²) in [5.41, 5.74) is 1.72. The van der Waals surface area contributed by atoms with Crippen LogP contribution < -0.4 is 20.7 Å². The first-order chi connectivity index (χ1) is 13.9. The smallest absolute Gasteiger partial charge is 0.257 e. The van der Waals surface area contributed by atoms with Gasteiger partial charge in [-0.1, -0.05) is 13.3 Å². The molecular formula is C22H27N3O3S. The van der Waals surface area contributed by atoms with Gasteiger partial charge in [0, 0.05) is 22.9 Å². The van der Waals surface area contributed by atoms with Crippen LogP contribution in [0, 0.1) is 0 Å². The van der Waals surface area contributed by atoms with Gasteiger partial charge < -0.3 is 15.4 Å². The zero-order chi connectivity index (χ0) is 21.2. The van der Waals surface area contributed by atoms with E-state index >= 15 is 0 Å². The fourth-order valence-electron chi connectivity index (χ4n) is 2.42. The van der Waals surface area contributed by atoms with Gasteiger partial charge in [0.15, 0.2) is 5.11 Å². The highest BCUT2D eigenvalue weighted by atomic mass is 32.1. The SMILES string of the molecule is CCCCOc1ccc(C(=O)NC(=S)Nc2ccc(C(=O)NC(C)C)cc2)cc1. The molecule has 3 N–H and O–H groups in total. The molecule has 0 aliphatic heterocycles. The molecule has 0 aromatic heterocycles. The van der Waals surface area contributed by atoms with Gasteiger partial charge in [-0.2, -0.15) is 0 Å². The molecule has 0 unspecified atom stereocenters. The van der Waals surface area contributed by atoms with Gasteiger partial charge >= 0.3 is 0 Å². The highest BCUT2D eigenvalue weighted by molar-refractivity contribution is 7.80. The van der Waals surface area contributed by atoms with Gasteiger partial charge in [0.25, 0.3) is 11.8 Å². The zero-order valence-electron chi connectivity index (χ0n) is 17.0. The Kier molecular flexibility index (Phi) is 8.61. The summed E-state index contributed by atoms with van der Waals surface area (Å²) in [7, 11) is 0. The minimum Gasteiger partial charge on any atom is -0.494 e. The number of nitrogens with one attached hydrogen (secondary N) is 3. The Morgan fingerprint density at radius 2 is 1.55 bits per heavy atom. The number of carbonyl (C=O) groups excluding carboxylic acids is 2. The highest BCUT2D eigenvalue weighted by Gasteiger charge is 2.10. The Morgan fingerprint density at radius 3 is 2.14 bits per heavy atom.